The van der Waals surface area contributed by atoms with Crippen molar-refractivity contribution in [3.63, 3.8) is 0 Å². The molecule has 0 radical (unpaired) electrons. The molecular formula is C52H70O7PS2-3. The molecule has 0 bridgehead atoms. The van der Waals surface area contributed by atoms with Crippen LogP contribution in [0.2, 0.25) is 0 Å². The Labute approximate surface area is 382 Å². The van der Waals surface area contributed by atoms with Gasteiger partial charge in [0, 0.05) is 0 Å². The van der Waals surface area contributed by atoms with Crippen LogP contribution in [0.5, 0.6) is 17.2 Å². The molecule has 6 rings (SSSR count). The van der Waals surface area contributed by atoms with Gasteiger partial charge in [0.05, 0.1) is 11.5 Å². The van der Waals surface area contributed by atoms with Gasteiger partial charge >= 0.3 is 0 Å². The molecule has 1 aliphatic rings. The maximum atomic E-state index is 10.6. The summed E-state index contributed by atoms with van der Waals surface area (Å²) in [6.07, 6.45) is 9.74. The van der Waals surface area contributed by atoms with Gasteiger partial charge in [0.1, 0.15) is 38.9 Å². The number of phenols is 1. The molecule has 5 aromatic rings. The third-order valence-corrected chi connectivity index (χ3v) is 12.4. The minimum atomic E-state index is -4.30. The van der Waals surface area contributed by atoms with Crippen molar-refractivity contribution in [2.75, 3.05) is 13.2 Å². The molecule has 4 atom stereocenters. The molecule has 1 N–H and O–H groups in total. The van der Waals surface area contributed by atoms with Crippen molar-refractivity contribution in [3.05, 3.63) is 150 Å². The van der Waals surface area contributed by atoms with Gasteiger partial charge < -0.3 is 33.8 Å². The van der Waals surface area contributed by atoms with Crippen LogP contribution in [0.25, 0.3) is 0 Å². The second-order valence-corrected chi connectivity index (χ2v) is 17.7. The quantitative estimate of drug-likeness (QED) is 0.0367. The van der Waals surface area contributed by atoms with Crippen LogP contribution in [0.4, 0.5) is 0 Å². The second kappa shape index (κ2) is 29.5. The van der Waals surface area contributed by atoms with Crippen molar-refractivity contribution in [2.45, 2.75) is 140 Å². The first kappa shape index (κ1) is 54.3. The summed E-state index contributed by atoms with van der Waals surface area (Å²) >= 11 is 3.36. The average Bonchev–Trinajstić information content (AvgIpc) is 3.28. The van der Waals surface area contributed by atoms with Gasteiger partial charge in [0.2, 0.25) is 0 Å². The standard InChI is InChI=1S/C26H36O3.C10H14O3S.C10H14O.C6H6S.P/c1-4-20(2)22-10-16-26(17-11-22)29-21(3)27-18-19-28-25-14-12-24(13-15-25)23-8-6-5-7-9-23;1-3-8(2)9-4-6-10(7-5-9)14(11,12)13;1-3-8(2)9-4-6-10(11)7-5-9;7-6-4-2-1-3-5-6;/h10-17,20-21,23H,4-9,18-19H2,1-3H3;4-8H,3H2,1-2H3,(H,11,12,13);4-8,11H,3H2,1-2H3;1-5,7H;/q;;;;-3. The lowest BCUT2D eigenvalue weighted by Crippen LogP contribution is -2.19. The van der Waals surface area contributed by atoms with E-state index in [0.29, 0.717) is 36.7 Å². The van der Waals surface area contributed by atoms with Crippen LogP contribution in [0, 0.1) is 0 Å². The molecule has 340 valence electrons. The Morgan fingerprint density at radius 2 is 1.08 bits per heavy atom. The highest BCUT2D eigenvalue weighted by Gasteiger charge is 2.15. The molecule has 1 saturated carbocycles. The molecule has 0 aromatic heterocycles. The fourth-order valence-electron chi connectivity index (χ4n) is 6.66. The van der Waals surface area contributed by atoms with E-state index in [2.05, 4.69) is 90.6 Å². The minimum absolute atomic E-state index is 0. The summed E-state index contributed by atoms with van der Waals surface area (Å²) < 4.78 is 49.3. The summed E-state index contributed by atoms with van der Waals surface area (Å²) in [6, 6.07) is 40.4. The Kier molecular flexibility index (Phi) is 25.8. The van der Waals surface area contributed by atoms with Gasteiger partial charge in [-0.25, -0.2) is 8.42 Å². The molecule has 1 fully saturated rings. The predicted molar refractivity (Wildman–Crippen MR) is 261 cm³/mol. The number of ether oxygens (including phenoxy) is 3. The zero-order chi connectivity index (χ0) is 44.6. The normalized spacial score (nSPS) is 14.3. The smallest absolute Gasteiger partial charge is 0.197 e. The van der Waals surface area contributed by atoms with Crippen LogP contribution in [0.1, 0.15) is 146 Å². The SMILES string of the molecule is CCC(C)c1ccc(O)cc1.CCC(C)c1ccc(OC(C)OCCOc2ccc(C3CCCCC3)cc2)cc1.CCC(C)c1ccc(S(=O)(=O)[O-])cc1.[P-3].[SH2+]c1ccccc1. The molecule has 10 heteroatoms. The number of aromatic hydroxyl groups is 1. The minimum Gasteiger partial charge on any atom is -3.00 e. The molecule has 7 nitrogen and oxygen atoms in total. The van der Waals surface area contributed by atoms with Crippen molar-refractivity contribution in [1.29, 1.82) is 0 Å². The summed E-state index contributed by atoms with van der Waals surface area (Å²) in [4.78, 5) is 0.965. The van der Waals surface area contributed by atoms with Gasteiger partial charge in [-0.3, -0.25) is 0 Å². The van der Waals surface area contributed by atoms with E-state index in [-0.39, 0.29) is 21.1 Å². The maximum absolute atomic E-state index is 10.6. The predicted octanol–water partition coefficient (Wildman–Crippen LogP) is 14.0. The average molecular weight is 902 g/mol. The Morgan fingerprint density at radius 1 is 0.629 bits per heavy atom. The van der Waals surface area contributed by atoms with Crippen molar-refractivity contribution < 1.29 is 32.3 Å². The molecule has 5 aromatic carbocycles. The topological polar surface area (TPSA) is 105 Å². The summed E-state index contributed by atoms with van der Waals surface area (Å²) in [6.45, 7) is 15.8. The number of hydrogen-bond donors (Lipinski definition) is 1. The van der Waals surface area contributed by atoms with E-state index in [1.165, 1.54) is 60.9 Å². The Balaban J connectivity index is 0.000000331. The summed E-state index contributed by atoms with van der Waals surface area (Å²) in [5.41, 5.74) is 5.15. The van der Waals surface area contributed by atoms with Gasteiger partial charge in [-0.05, 0) is 158 Å². The first-order valence-electron chi connectivity index (χ1n) is 22.0. The lowest BCUT2D eigenvalue weighted by molar-refractivity contribution is -0.0739. The third-order valence-electron chi connectivity index (χ3n) is 11.2. The number of phenolic OH excluding ortho intramolecular Hbond substituents is 1. The van der Waals surface area contributed by atoms with Crippen molar-refractivity contribution in [1.82, 2.24) is 0 Å². The van der Waals surface area contributed by atoms with Gasteiger partial charge in [-0.2, -0.15) is 0 Å². The zero-order valence-corrected chi connectivity index (χ0v) is 40.5. The Bertz CT molecular complexity index is 2000. The van der Waals surface area contributed by atoms with E-state index in [1.54, 1.807) is 24.3 Å². The van der Waals surface area contributed by atoms with Crippen LogP contribution < -0.4 is 9.47 Å². The van der Waals surface area contributed by atoms with Gasteiger partial charge in [0.15, 0.2) is 6.29 Å². The fourth-order valence-corrected chi connectivity index (χ4v) is 7.32. The van der Waals surface area contributed by atoms with Crippen LogP contribution in [-0.4, -0.2) is 37.6 Å². The second-order valence-electron chi connectivity index (χ2n) is 15.8. The molecule has 0 heterocycles. The molecular weight excluding hydrogens is 832 g/mol. The van der Waals surface area contributed by atoms with E-state index >= 15 is 0 Å². The highest BCUT2D eigenvalue weighted by atomic mass is 32.2. The Hall–Kier alpha value is -3.85. The molecule has 62 heavy (non-hydrogen) atoms. The number of rotatable bonds is 15. The molecule has 1 aliphatic carbocycles. The van der Waals surface area contributed by atoms with Crippen molar-refractivity contribution in [2.24, 2.45) is 0 Å². The highest BCUT2D eigenvalue weighted by Crippen LogP contribution is 2.33. The van der Waals surface area contributed by atoms with Gasteiger partial charge in [0.25, 0.3) is 0 Å². The van der Waals surface area contributed by atoms with Gasteiger partial charge in [-0.1, -0.05) is 128 Å². The molecule has 0 amide bonds. The van der Waals surface area contributed by atoms with Crippen LogP contribution >= 0.6 is 9.90 Å². The molecule has 4 unspecified atom stereocenters. The largest absolute Gasteiger partial charge is 3.00 e. The maximum Gasteiger partial charge on any atom is 0.197 e. The Morgan fingerprint density at radius 3 is 1.52 bits per heavy atom. The number of benzene rings is 5. The molecule has 0 spiro atoms. The highest BCUT2D eigenvalue weighted by molar-refractivity contribution is 7.85. The third kappa shape index (κ3) is 20.6. The zero-order valence-electron chi connectivity index (χ0n) is 37.8. The fraction of sp³-hybridized carbons (Fsp3) is 0.423. The summed E-state index contributed by atoms with van der Waals surface area (Å²) in [7, 11) is -4.30. The van der Waals surface area contributed by atoms with Crippen LogP contribution in [0.15, 0.2) is 137 Å². The monoisotopic (exact) mass is 901 g/mol. The van der Waals surface area contributed by atoms with Crippen molar-refractivity contribution in [3.8, 4) is 17.2 Å². The van der Waals surface area contributed by atoms with E-state index in [9.17, 15) is 13.0 Å². The molecule has 0 saturated heterocycles. The first-order chi connectivity index (χ1) is 29.2. The summed E-state index contributed by atoms with van der Waals surface area (Å²) in [5.74, 6) is 4.38. The van der Waals surface area contributed by atoms with E-state index in [0.717, 1.165) is 47.1 Å². The summed E-state index contributed by atoms with van der Waals surface area (Å²) in [5, 5.41) is 9.01. The van der Waals surface area contributed by atoms with E-state index < -0.39 is 10.1 Å². The lowest BCUT2D eigenvalue weighted by atomic mass is 9.84. The first-order valence-corrected chi connectivity index (χ1v) is 23.9. The van der Waals surface area contributed by atoms with E-state index in [1.807, 2.05) is 61.5 Å². The van der Waals surface area contributed by atoms with Gasteiger partial charge in [-0.15, -0.1) is 0 Å². The van der Waals surface area contributed by atoms with Crippen molar-refractivity contribution >= 4 is 32.6 Å². The van der Waals surface area contributed by atoms with E-state index in [4.69, 9.17) is 19.3 Å². The molecule has 0 aliphatic heterocycles. The lowest BCUT2D eigenvalue weighted by Gasteiger charge is -3.00. The number of hydrogen-bond acceptors (Lipinski definition) is 7. The van der Waals surface area contributed by atoms with Crippen LogP contribution in [0.3, 0.4) is 0 Å². The van der Waals surface area contributed by atoms with Crippen LogP contribution in [-0.2, 0) is 27.5 Å².